The van der Waals surface area contributed by atoms with Crippen molar-refractivity contribution in [1.29, 1.82) is 0 Å². The molecule has 2 aromatic rings. The first-order chi connectivity index (χ1) is 13.0. The summed E-state index contributed by atoms with van der Waals surface area (Å²) in [7, 11) is -3.64. The van der Waals surface area contributed by atoms with E-state index in [-0.39, 0.29) is 29.8 Å². The highest BCUT2D eigenvalue weighted by Crippen LogP contribution is 2.34. The van der Waals surface area contributed by atoms with E-state index in [0.717, 1.165) is 19.4 Å². The second-order valence-electron chi connectivity index (χ2n) is 6.31. The molecule has 1 amide bonds. The number of amides is 1. The molecule has 3 rings (SSSR count). The average Bonchev–Trinajstić information content (AvgIpc) is 3.33. The van der Waals surface area contributed by atoms with Crippen molar-refractivity contribution in [3.63, 3.8) is 0 Å². The number of nitrogens with zero attached hydrogens (tertiary/aromatic N) is 1. The normalized spacial score (nSPS) is 17.2. The highest BCUT2D eigenvalue weighted by molar-refractivity contribution is 7.89. The molecular formula is C19H24N2O4S2. The van der Waals surface area contributed by atoms with Crippen LogP contribution in [-0.4, -0.2) is 38.9 Å². The third-order valence-electron chi connectivity index (χ3n) is 4.52. The van der Waals surface area contributed by atoms with Crippen molar-refractivity contribution in [1.82, 2.24) is 9.62 Å². The van der Waals surface area contributed by atoms with Crippen LogP contribution >= 0.6 is 11.3 Å². The van der Waals surface area contributed by atoms with Gasteiger partial charge in [-0.15, -0.1) is 11.3 Å². The molecule has 1 aromatic heterocycles. The third-order valence-corrected chi connectivity index (χ3v) is 6.97. The van der Waals surface area contributed by atoms with Crippen LogP contribution in [-0.2, 0) is 14.8 Å². The number of likely N-dealkylation sites (tertiary alicyclic amines) is 1. The lowest BCUT2D eigenvalue weighted by Gasteiger charge is -2.24. The molecular weight excluding hydrogens is 384 g/mol. The molecule has 0 radical (unpaired) electrons. The Labute approximate surface area is 164 Å². The minimum atomic E-state index is -3.64. The van der Waals surface area contributed by atoms with Crippen LogP contribution < -0.4 is 9.46 Å². The van der Waals surface area contributed by atoms with Crippen molar-refractivity contribution in [2.45, 2.75) is 37.1 Å². The standard InChI is InChI=1S/C19H24N2O4S2/c1-2-25-15-7-9-16(10-8-15)27(23,24)20-12-11-19(22)21-13-3-5-17(21)18-6-4-14-26-18/h4,6-10,14,17,20H,2-3,5,11-13H2,1H3. The number of carbonyl (C=O) groups excluding carboxylic acids is 1. The minimum absolute atomic E-state index is 0.0136. The topological polar surface area (TPSA) is 75.7 Å². The molecule has 0 spiro atoms. The molecule has 6 nitrogen and oxygen atoms in total. The Hall–Kier alpha value is -1.90. The lowest BCUT2D eigenvalue weighted by Crippen LogP contribution is -2.34. The molecule has 0 aliphatic carbocycles. The summed E-state index contributed by atoms with van der Waals surface area (Å²) < 4.78 is 32.6. The molecule has 8 heteroatoms. The van der Waals surface area contributed by atoms with Gasteiger partial charge < -0.3 is 9.64 Å². The van der Waals surface area contributed by atoms with Gasteiger partial charge in [-0.2, -0.15) is 0 Å². The fourth-order valence-electron chi connectivity index (χ4n) is 3.24. The molecule has 1 aliphatic rings. The first kappa shape index (κ1) is 19.9. The predicted octanol–water partition coefficient (Wildman–Crippen LogP) is 3.18. The van der Waals surface area contributed by atoms with Gasteiger partial charge in [-0.25, -0.2) is 13.1 Å². The molecule has 146 valence electrons. The molecule has 1 atom stereocenters. The van der Waals surface area contributed by atoms with Crippen molar-refractivity contribution < 1.29 is 17.9 Å². The van der Waals surface area contributed by atoms with Crippen molar-refractivity contribution in [2.24, 2.45) is 0 Å². The van der Waals surface area contributed by atoms with Gasteiger partial charge in [-0.3, -0.25) is 4.79 Å². The molecule has 1 saturated heterocycles. The Morgan fingerprint density at radius 3 is 2.74 bits per heavy atom. The molecule has 1 aliphatic heterocycles. The number of thiophene rings is 1. The summed E-state index contributed by atoms with van der Waals surface area (Å²) in [4.78, 5) is 15.8. The van der Waals surface area contributed by atoms with E-state index >= 15 is 0 Å². The van der Waals surface area contributed by atoms with Crippen LogP contribution in [0.25, 0.3) is 0 Å². The van der Waals surface area contributed by atoms with Crippen molar-refractivity contribution in [3.05, 3.63) is 46.7 Å². The number of hydrogen-bond acceptors (Lipinski definition) is 5. The van der Waals surface area contributed by atoms with Crippen LogP contribution in [0.5, 0.6) is 5.75 Å². The van der Waals surface area contributed by atoms with E-state index in [4.69, 9.17) is 4.74 Å². The zero-order chi connectivity index (χ0) is 19.3. The monoisotopic (exact) mass is 408 g/mol. The zero-order valence-electron chi connectivity index (χ0n) is 15.3. The molecule has 1 aromatic carbocycles. The number of nitrogens with one attached hydrogen (secondary N) is 1. The quantitative estimate of drug-likeness (QED) is 0.728. The lowest BCUT2D eigenvalue weighted by molar-refractivity contribution is -0.131. The van der Waals surface area contributed by atoms with Crippen LogP contribution in [0.2, 0.25) is 0 Å². The zero-order valence-corrected chi connectivity index (χ0v) is 16.9. The second kappa shape index (κ2) is 8.86. The van der Waals surface area contributed by atoms with Crippen LogP contribution in [0.3, 0.4) is 0 Å². The molecule has 27 heavy (non-hydrogen) atoms. The highest BCUT2D eigenvalue weighted by Gasteiger charge is 2.30. The molecule has 0 bridgehead atoms. The summed E-state index contributed by atoms with van der Waals surface area (Å²) in [6.07, 6.45) is 2.09. The minimum Gasteiger partial charge on any atom is -0.494 e. The number of hydrogen-bond donors (Lipinski definition) is 1. The van der Waals surface area contributed by atoms with E-state index in [1.807, 2.05) is 23.3 Å². The predicted molar refractivity (Wildman–Crippen MR) is 105 cm³/mol. The first-order valence-corrected chi connectivity index (χ1v) is 11.4. The highest BCUT2D eigenvalue weighted by atomic mass is 32.2. The smallest absolute Gasteiger partial charge is 0.240 e. The third kappa shape index (κ3) is 4.88. The number of rotatable bonds is 8. The molecule has 1 fully saturated rings. The summed E-state index contributed by atoms with van der Waals surface area (Å²) in [6.45, 7) is 3.21. The van der Waals surface area contributed by atoms with Crippen LogP contribution in [0.1, 0.15) is 37.1 Å². The lowest BCUT2D eigenvalue weighted by atomic mass is 10.2. The molecule has 1 N–H and O–H groups in total. The Balaban J connectivity index is 1.54. The van der Waals surface area contributed by atoms with Crippen molar-refractivity contribution in [3.8, 4) is 5.75 Å². The summed E-state index contributed by atoms with van der Waals surface area (Å²) in [5, 5.41) is 2.02. The number of carbonyl (C=O) groups is 1. The largest absolute Gasteiger partial charge is 0.494 e. The Kier molecular flexibility index (Phi) is 6.51. The summed E-state index contributed by atoms with van der Waals surface area (Å²) >= 11 is 1.66. The van der Waals surface area contributed by atoms with Crippen molar-refractivity contribution in [2.75, 3.05) is 19.7 Å². The van der Waals surface area contributed by atoms with Gasteiger partial charge in [0.15, 0.2) is 0 Å². The van der Waals surface area contributed by atoms with E-state index in [2.05, 4.69) is 10.8 Å². The number of ether oxygens (including phenoxy) is 1. The van der Waals surface area contributed by atoms with Crippen LogP contribution in [0, 0.1) is 0 Å². The molecule has 1 unspecified atom stereocenters. The maximum absolute atomic E-state index is 12.6. The summed E-state index contributed by atoms with van der Waals surface area (Å²) in [5.41, 5.74) is 0. The fraction of sp³-hybridized carbons (Fsp3) is 0.421. The van der Waals surface area contributed by atoms with Gasteiger partial charge in [-0.1, -0.05) is 6.07 Å². The Morgan fingerprint density at radius 1 is 1.30 bits per heavy atom. The molecule has 2 heterocycles. The second-order valence-corrected chi connectivity index (χ2v) is 9.06. The Morgan fingerprint density at radius 2 is 2.07 bits per heavy atom. The van der Waals surface area contributed by atoms with E-state index in [9.17, 15) is 13.2 Å². The SMILES string of the molecule is CCOc1ccc(S(=O)(=O)NCCC(=O)N2CCCC2c2cccs2)cc1. The van der Waals surface area contributed by atoms with Gasteiger partial charge in [0.05, 0.1) is 17.5 Å². The van der Waals surface area contributed by atoms with E-state index in [0.29, 0.717) is 12.4 Å². The maximum Gasteiger partial charge on any atom is 0.240 e. The fourth-order valence-corrected chi connectivity index (χ4v) is 5.15. The van der Waals surface area contributed by atoms with Crippen molar-refractivity contribution >= 4 is 27.3 Å². The van der Waals surface area contributed by atoms with Crippen LogP contribution in [0.4, 0.5) is 0 Å². The number of sulfonamides is 1. The van der Waals surface area contributed by atoms with Gasteiger partial charge in [-0.05, 0) is 55.5 Å². The van der Waals surface area contributed by atoms with Gasteiger partial charge in [0.2, 0.25) is 15.9 Å². The maximum atomic E-state index is 12.6. The van der Waals surface area contributed by atoms with Gasteiger partial charge in [0.1, 0.15) is 5.75 Å². The van der Waals surface area contributed by atoms with E-state index in [1.165, 1.54) is 17.0 Å². The van der Waals surface area contributed by atoms with E-state index in [1.54, 1.807) is 23.5 Å². The average molecular weight is 409 g/mol. The van der Waals surface area contributed by atoms with E-state index < -0.39 is 10.0 Å². The van der Waals surface area contributed by atoms with Gasteiger partial charge in [0.25, 0.3) is 0 Å². The Bertz CT molecular complexity index is 848. The van der Waals surface area contributed by atoms with Gasteiger partial charge in [0, 0.05) is 24.4 Å². The summed E-state index contributed by atoms with van der Waals surface area (Å²) in [5.74, 6) is 0.612. The molecule has 0 saturated carbocycles. The number of benzene rings is 1. The van der Waals surface area contributed by atoms with Gasteiger partial charge >= 0.3 is 0 Å². The summed E-state index contributed by atoms with van der Waals surface area (Å²) in [6, 6.07) is 10.4. The van der Waals surface area contributed by atoms with Crippen LogP contribution in [0.15, 0.2) is 46.7 Å². The first-order valence-electron chi connectivity index (χ1n) is 9.06.